The highest BCUT2D eigenvalue weighted by molar-refractivity contribution is 5.54. The minimum Gasteiger partial charge on any atom is -0.466 e. The van der Waals surface area contributed by atoms with Gasteiger partial charge in [0.15, 0.2) is 6.04 Å². The molecule has 0 saturated carbocycles. The third kappa shape index (κ3) is 2.88. The fourth-order valence-corrected chi connectivity index (χ4v) is 1.63. The monoisotopic (exact) mass is 266 g/mol. The Bertz CT molecular complexity index is 585. The average Bonchev–Trinajstić information content (AvgIpc) is 2.89. The predicted molar refractivity (Wildman–Crippen MR) is 62.1 cm³/mol. The second kappa shape index (κ2) is 5.06. The van der Waals surface area contributed by atoms with E-state index in [9.17, 15) is 13.2 Å². The minimum atomic E-state index is -4.48. The number of nitrogens with one attached hydrogen (secondary N) is 1. The summed E-state index contributed by atoms with van der Waals surface area (Å²) in [5, 5.41) is 11.5. The van der Waals surface area contributed by atoms with Crippen LogP contribution in [0.2, 0.25) is 0 Å². The fourth-order valence-electron chi connectivity index (χ4n) is 1.63. The Labute approximate surface area is 107 Å². The Hall–Kier alpha value is -2.42. The van der Waals surface area contributed by atoms with E-state index >= 15 is 0 Å². The van der Waals surface area contributed by atoms with Crippen LogP contribution in [0.3, 0.4) is 0 Å². The molecule has 0 bridgehead atoms. The van der Waals surface area contributed by atoms with Crippen molar-refractivity contribution >= 4 is 5.69 Å². The summed E-state index contributed by atoms with van der Waals surface area (Å²) in [4.78, 5) is 0. The summed E-state index contributed by atoms with van der Waals surface area (Å²) in [6, 6.07) is 8.97. The van der Waals surface area contributed by atoms with E-state index in [1.165, 1.54) is 30.5 Å². The predicted octanol–water partition coefficient (Wildman–Crippen LogP) is 3.98. The van der Waals surface area contributed by atoms with E-state index in [-0.39, 0.29) is 11.4 Å². The Morgan fingerprint density at radius 2 is 1.89 bits per heavy atom. The van der Waals surface area contributed by atoms with E-state index < -0.39 is 17.8 Å². The number of alkyl halides is 3. The fraction of sp³-hybridized carbons (Fsp3) is 0.154. The third-order valence-corrected chi connectivity index (χ3v) is 2.49. The number of halogens is 3. The number of para-hydroxylation sites is 1. The van der Waals surface area contributed by atoms with Crippen molar-refractivity contribution in [2.45, 2.75) is 12.2 Å². The van der Waals surface area contributed by atoms with E-state index in [4.69, 9.17) is 9.68 Å². The van der Waals surface area contributed by atoms with Gasteiger partial charge in [0.05, 0.1) is 17.9 Å². The zero-order valence-electron chi connectivity index (χ0n) is 9.61. The van der Waals surface area contributed by atoms with Crippen molar-refractivity contribution in [1.82, 2.24) is 0 Å². The normalized spacial score (nSPS) is 12.7. The molecule has 2 rings (SSSR count). The van der Waals surface area contributed by atoms with Crippen LogP contribution in [0, 0.1) is 11.3 Å². The molecule has 0 amide bonds. The maximum atomic E-state index is 12.8. The average molecular weight is 266 g/mol. The van der Waals surface area contributed by atoms with E-state index in [0.29, 0.717) is 0 Å². The maximum absolute atomic E-state index is 12.8. The molecule has 1 N–H and O–H groups in total. The molecule has 3 nitrogen and oxygen atoms in total. The van der Waals surface area contributed by atoms with Crippen molar-refractivity contribution in [1.29, 1.82) is 5.26 Å². The molecule has 6 heteroatoms. The van der Waals surface area contributed by atoms with Crippen LogP contribution >= 0.6 is 0 Å². The summed E-state index contributed by atoms with van der Waals surface area (Å²) in [5.41, 5.74) is -0.972. The van der Waals surface area contributed by atoms with Crippen molar-refractivity contribution in [3.8, 4) is 6.07 Å². The minimum absolute atomic E-state index is 0.155. The van der Waals surface area contributed by atoms with Crippen molar-refractivity contribution in [3.63, 3.8) is 0 Å². The van der Waals surface area contributed by atoms with Crippen LogP contribution in [-0.4, -0.2) is 0 Å². The molecule has 1 unspecified atom stereocenters. The highest BCUT2D eigenvalue weighted by atomic mass is 19.4. The first-order valence-electron chi connectivity index (χ1n) is 5.38. The lowest BCUT2D eigenvalue weighted by Crippen LogP contribution is -2.13. The first kappa shape index (κ1) is 13.0. The number of hydrogen-bond acceptors (Lipinski definition) is 3. The number of anilines is 1. The van der Waals surface area contributed by atoms with Crippen LogP contribution < -0.4 is 5.32 Å². The first-order valence-corrected chi connectivity index (χ1v) is 5.38. The molecule has 0 spiro atoms. The Balaban J connectivity index is 2.31. The number of nitriles is 1. The molecular weight excluding hydrogens is 257 g/mol. The number of hydrogen-bond donors (Lipinski definition) is 1. The van der Waals surface area contributed by atoms with Crippen molar-refractivity contribution in [2.24, 2.45) is 0 Å². The molecule has 0 aliphatic carbocycles. The lowest BCUT2D eigenvalue weighted by Gasteiger charge is -2.16. The van der Waals surface area contributed by atoms with Crippen LogP contribution in [0.1, 0.15) is 17.4 Å². The molecule has 1 aromatic heterocycles. The molecule has 0 aliphatic heterocycles. The molecule has 2 aromatic rings. The molecule has 1 heterocycles. The molecule has 19 heavy (non-hydrogen) atoms. The second-order valence-corrected chi connectivity index (χ2v) is 3.77. The van der Waals surface area contributed by atoms with Gasteiger partial charge in [0.2, 0.25) is 0 Å². The van der Waals surface area contributed by atoms with E-state index in [1.54, 1.807) is 6.07 Å². The van der Waals surface area contributed by atoms with Gasteiger partial charge in [-0.2, -0.15) is 18.4 Å². The van der Waals surface area contributed by atoms with Crippen LogP contribution in [0.25, 0.3) is 0 Å². The largest absolute Gasteiger partial charge is 0.466 e. The highest BCUT2D eigenvalue weighted by Crippen LogP contribution is 2.35. The van der Waals surface area contributed by atoms with Crippen molar-refractivity contribution in [3.05, 3.63) is 54.0 Å². The van der Waals surface area contributed by atoms with Crippen LogP contribution in [-0.2, 0) is 6.18 Å². The molecule has 0 fully saturated rings. The Morgan fingerprint density at radius 1 is 1.16 bits per heavy atom. The molecule has 1 aromatic carbocycles. The third-order valence-electron chi connectivity index (χ3n) is 2.49. The van der Waals surface area contributed by atoms with Crippen molar-refractivity contribution in [2.75, 3.05) is 5.32 Å². The summed E-state index contributed by atoms with van der Waals surface area (Å²) < 4.78 is 43.4. The van der Waals surface area contributed by atoms with Gasteiger partial charge in [-0.15, -0.1) is 0 Å². The zero-order chi connectivity index (χ0) is 13.9. The van der Waals surface area contributed by atoms with Gasteiger partial charge in [-0.1, -0.05) is 12.1 Å². The number of furan rings is 1. The lowest BCUT2D eigenvalue weighted by molar-refractivity contribution is -0.137. The smallest absolute Gasteiger partial charge is 0.418 e. The van der Waals surface area contributed by atoms with Gasteiger partial charge in [-0.3, -0.25) is 0 Å². The molecule has 1 atom stereocenters. The van der Waals surface area contributed by atoms with Gasteiger partial charge in [0.25, 0.3) is 0 Å². The highest BCUT2D eigenvalue weighted by Gasteiger charge is 2.33. The quantitative estimate of drug-likeness (QED) is 0.914. The molecule has 0 radical (unpaired) electrons. The summed E-state index contributed by atoms with van der Waals surface area (Å²) in [6.07, 6.45) is -3.12. The zero-order valence-corrected chi connectivity index (χ0v) is 9.61. The van der Waals surface area contributed by atoms with Gasteiger partial charge in [0.1, 0.15) is 5.76 Å². The Kier molecular flexibility index (Phi) is 3.47. The van der Waals surface area contributed by atoms with Gasteiger partial charge < -0.3 is 9.73 Å². The van der Waals surface area contributed by atoms with Crippen LogP contribution in [0.15, 0.2) is 47.1 Å². The summed E-state index contributed by atoms with van der Waals surface area (Å²) >= 11 is 0. The van der Waals surface area contributed by atoms with Crippen LogP contribution in [0.4, 0.5) is 18.9 Å². The van der Waals surface area contributed by atoms with Gasteiger partial charge in [-0.05, 0) is 24.3 Å². The number of nitrogens with zero attached hydrogens (tertiary/aromatic N) is 1. The SMILES string of the molecule is N#CC(Nc1ccccc1C(F)(F)F)c1ccco1. The van der Waals surface area contributed by atoms with E-state index in [1.807, 2.05) is 6.07 Å². The topological polar surface area (TPSA) is 49.0 Å². The molecule has 0 saturated heterocycles. The summed E-state index contributed by atoms with van der Waals surface area (Å²) in [5.74, 6) is 0.263. The van der Waals surface area contributed by atoms with E-state index in [2.05, 4.69) is 5.32 Å². The summed E-state index contributed by atoms with van der Waals surface area (Å²) in [7, 11) is 0. The number of benzene rings is 1. The lowest BCUT2D eigenvalue weighted by atomic mass is 10.1. The Morgan fingerprint density at radius 3 is 2.47 bits per heavy atom. The molecule has 0 aliphatic rings. The summed E-state index contributed by atoms with van der Waals surface area (Å²) in [6.45, 7) is 0. The standard InChI is InChI=1S/C13H9F3N2O/c14-13(15,16)9-4-1-2-5-10(9)18-11(8-17)12-6-3-7-19-12/h1-7,11,18H. The van der Waals surface area contributed by atoms with Crippen LogP contribution in [0.5, 0.6) is 0 Å². The van der Waals surface area contributed by atoms with E-state index in [0.717, 1.165) is 6.07 Å². The van der Waals surface area contributed by atoms with Gasteiger partial charge >= 0.3 is 6.18 Å². The molecular formula is C13H9F3N2O. The molecule has 98 valence electrons. The van der Waals surface area contributed by atoms with Gasteiger partial charge in [0, 0.05) is 5.69 Å². The number of rotatable bonds is 3. The van der Waals surface area contributed by atoms with Gasteiger partial charge in [-0.25, -0.2) is 0 Å². The van der Waals surface area contributed by atoms with Crippen molar-refractivity contribution < 1.29 is 17.6 Å². The maximum Gasteiger partial charge on any atom is 0.418 e. The second-order valence-electron chi connectivity index (χ2n) is 3.77. The first-order chi connectivity index (χ1) is 9.02.